The predicted molar refractivity (Wildman–Crippen MR) is 110 cm³/mol. The molecule has 0 unspecified atom stereocenters. The van der Waals surface area contributed by atoms with Gasteiger partial charge in [-0.1, -0.05) is 24.6 Å². The monoisotopic (exact) mass is 367 g/mol. The lowest BCUT2D eigenvalue weighted by molar-refractivity contribution is -0.153. The number of ether oxygens (including phenoxy) is 1. The molecule has 144 valence electrons. The van der Waals surface area contributed by atoms with Crippen LogP contribution < -0.4 is 4.90 Å². The Morgan fingerprint density at radius 2 is 1.52 bits per heavy atom. The molecule has 0 saturated heterocycles. The molecule has 0 spiro atoms. The van der Waals surface area contributed by atoms with E-state index in [1.54, 1.807) is 0 Å². The van der Waals surface area contributed by atoms with E-state index >= 15 is 0 Å². The Bertz CT molecular complexity index is 765. The standard InChI is InChI=1S/C22H29N3O2/c1-6-22(3,4)21(26)27-16-15-25(5)20-13-11-19(12-14-20)24-23-18-9-7-17(2)8-10-18/h7-14H,6,15-16H2,1-5H3. The second kappa shape index (κ2) is 9.31. The third-order valence-corrected chi connectivity index (χ3v) is 4.70. The van der Waals surface area contributed by atoms with E-state index in [0.29, 0.717) is 13.2 Å². The SMILES string of the molecule is CCC(C)(C)C(=O)OCCN(C)c1ccc(N=Nc2ccc(C)cc2)cc1. The van der Waals surface area contributed by atoms with E-state index in [1.165, 1.54) is 5.56 Å². The second-order valence-electron chi connectivity index (χ2n) is 7.35. The van der Waals surface area contributed by atoms with Gasteiger partial charge in [0.1, 0.15) is 6.61 Å². The highest BCUT2D eigenvalue weighted by atomic mass is 16.5. The molecule has 0 heterocycles. The summed E-state index contributed by atoms with van der Waals surface area (Å²) in [6.45, 7) is 8.85. The Balaban J connectivity index is 1.86. The van der Waals surface area contributed by atoms with Gasteiger partial charge in [0, 0.05) is 12.7 Å². The van der Waals surface area contributed by atoms with Crippen LogP contribution in [0.3, 0.4) is 0 Å². The maximum Gasteiger partial charge on any atom is 0.311 e. The number of carbonyl (C=O) groups excluding carboxylic acids is 1. The summed E-state index contributed by atoms with van der Waals surface area (Å²) in [5.74, 6) is -0.148. The third-order valence-electron chi connectivity index (χ3n) is 4.70. The highest BCUT2D eigenvalue weighted by Crippen LogP contribution is 2.23. The Hall–Kier alpha value is -2.69. The quantitative estimate of drug-likeness (QED) is 0.436. The molecular formula is C22H29N3O2. The van der Waals surface area contributed by atoms with Crippen molar-refractivity contribution in [1.82, 2.24) is 0 Å². The van der Waals surface area contributed by atoms with Crippen LogP contribution in [0, 0.1) is 12.3 Å². The van der Waals surface area contributed by atoms with Gasteiger partial charge in [-0.25, -0.2) is 0 Å². The lowest BCUT2D eigenvalue weighted by atomic mass is 9.91. The van der Waals surface area contributed by atoms with E-state index in [4.69, 9.17) is 4.74 Å². The van der Waals surface area contributed by atoms with Gasteiger partial charge in [0.2, 0.25) is 0 Å². The van der Waals surface area contributed by atoms with Crippen molar-refractivity contribution in [1.29, 1.82) is 0 Å². The average Bonchev–Trinajstić information content (AvgIpc) is 2.67. The molecule has 0 amide bonds. The average molecular weight is 367 g/mol. The number of likely N-dealkylation sites (N-methyl/N-ethyl adjacent to an activating group) is 1. The first-order valence-electron chi connectivity index (χ1n) is 9.28. The molecule has 0 bridgehead atoms. The number of carbonyl (C=O) groups is 1. The summed E-state index contributed by atoms with van der Waals surface area (Å²) in [6.07, 6.45) is 0.764. The lowest BCUT2D eigenvalue weighted by Crippen LogP contribution is -2.30. The van der Waals surface area contributed by atoms with Crippen LogP contribution in [0.5, 0.6) is 0 Å². The van der Waals surface area contributed by atoms with Gasteiger partial charge in [0.05, 0.1) is 23.3 Å². The van der Waals surface area contributed by atoms with Crippen molar-refractivity contribution in [2.45, 2.75) is 34.1 Å². The maximum absolute atomic E-state index is 12.0. The fourth-order valence-electron chi connectivity index (χ4n) is 2.24. The van der Waals surface area contributed by atoms with Gasteiger partial charge in [-0.05, 0) is 63.6 Å². The van der Waals surface area contributed by atoms with Gasteiger partial charge in [0.25, 0.3) is 0 Å². The van der Waals surface area contributed by atoms with Crippen molar-refractivity contribution < 1.29 is 9.53 Å². The molecule has 5 heteroatoms. The molecular weight excluding hydrogens is 338 g/mol. The molecule has 0 aliphatic heterocycles. The highest BCUT2D eigenvalue weighted by Gasteiger charge is 2.26. The fraction of sp³-hybridized carbons (Fsp3) is 0.409. The summed E-state index contributed by atoms with van der Waals surface area (Å²) in [7, 11) is 1.97. The Morgan fingerprint density at radius 1 is 1.00 bits per heavy atom. The number of benzene rings is 2. The lowest BCUT2D eigenvalue weighted by Gasteiger charge is -2.23. The van der Waals surface area contributed by atoms with E-state index in [-0.39, 0.29) is 5.97 Å². The van der Waals surface area contributed by atoms with Crippen molar-refractivity contribution in [2.75, 3.05) is 25.1 Å². The number of nitrogens with zero attached hydrogens (tertiary/aromatic N) is 3. The normalized spacial score (nSPS) is 11.6. The smallest absolute Gasteiger partial charge is 0.311 e. The first-order chi connectivity index (χ1) is 12.8. The molecule has 27 heavy (non-hydrogen) atoms. The summed E-state index contributed by atoms with van der Waals surface area (Å²) in [4.78, 5) is 14.1. The van der Waals surface area contributed by atoms with E-state index in [2.05, 4.69) is 10.2 Å². The van der Waals surface area contributed by atoms with E-state index in [0.717, 1.165) is 23.5 Å². The Morgan fingerprint density at radius 3 is 2.04 bits per heavy atom. The van der Waals surface area contributed by atoms with Gasteiger partial charge in [-0.3, -0.25) is 4.79 Å². The van der Waals surface area contributed by atoms with Crippen LogP contribution in [0.4, 0.5) is 17.1 Å². The molecule has 0 aliphatic carbocycles. The van der Waals surface area contributed by atoms with Crippen LogP contribution in [0.15, 0.2) is 58.8 Å². The van der Waals surface area contributed by atoms with Gasteiger partial charge in [-0.15, -0.1) is 0 Å². The number of aryl methyl sites for hydroxylation is 1. The number of rotatable bonds is 8. The highest BCUT2D eigenvalue weighted by molar-refractivity contribution is 5.75. The number of azo groups is 1. The van der Waals surface area contributed by atoms with Crippen molar-refractivity contribution in [2.24, 2.45) is 15.6 Å². The maximum atomic E-state index is 12.0. The molecule has 0 aromatic heterocycles. The molecule has 2 aromatic rings. The first-order valence-corrected chi connectivity index (χ1v) is 9.28. The summed E-state index contributed by atoms with van der Waals surface area (Å²) in [5, 5.41) is 8.51. The van der Waals surface area contributed by atoms with Crippen LogP contribution in [0.2, 0.25) is 0 Å². The van der Waals surface area contributed by atoms with Gasteiger partial charge < -0.3 is 9.64 Å². The zero-order valence-electron chi connectivity index (χ0n) is 16.9. The number of anilines is 1. The zero-order valence-corrected chi connectivity index (χ0v) is 16.9. The third kappa shape index (κ3) is 6.20. The molecule has 0 aliphatic rings. The topological polar surface area (TPSA) is 54.3 Å². The zero-order chi connectivity index (χ0) is 19.9. The minimum Gasteiger partial charge on any atom is -0.463 e. The molecule has 2 aromatic carbocycles. The molecule has 0 N–H and O–H groups in total. The van der Waals surface area contributed by atoms with E-state index in [9.17, 15) is 4.79 Å². The fourth-order valence-corrected chi connectivity index (χ4v) is 2.24. The molecule has 2 rings (SSSR count). The van der Waals surface area contributed by atoms with E-state index < -0.39 is 5.41 Å². The summed E-state index contributed by atoms with van der Waals surface area (Å²) >= 11 is 0. The minimum absolute atomic E-state index is 0.148. The van der Waals surface area contributed by atoms with Crippen molar-refractivity contribution in [3.05, 3.63) is 54.1 Å². The van der Waals surface area contributed by atoms with Crippen molar-refractivity contribution in [3.8, 4) is 0 Å². The van der Waals surface area contributed by atoms with Crippen LogP contribution >= 0.6 is 0 Å². The number of hydrogen-bond acceptors (Lipinski definition) is 5. The van der Waals surface area contributed by atoms with Gasteiger partial charge in [-0.2, -0.15) is 10.2 Å². The number of esters is 1. The van der Waals surface area contributed by atoms with Crippen molar-refractivity contribution >= 4 is 23.0 Å². The number of hydrogen-bond donors (Lipinski definition) is 0. The van der Waals surface area contributed by atoms with Crippen LogP contribution in [0.1, 0.15) is 32.8 Å². The van der Waals surface area contributed by atoms with Crippen LogP contribution in [-0.4, -0.2) is 26.2 Å². The van der Waals surface area contributed by atoms with E-state index in [1.807, 2.05) is 88.2 Å². The Kier molecular flexibility index (Phi) is 7.11. The van der Waals surface area contributed by atoms with Crippen LogP contribution in [0.25, 0.3) is 0 Å². The molecule has 0 radical (unpaired) electrons. The van der Waals surface area contributed by atoms with Gasteiger partial charge in [0.15, 0.2) is 0 Å². The minimum atomic E-state index is -0.428. The van der Waals surface area contributed by atoms with Gasteiger partial charge >= 0.3 is 5.97 Å². The molecule has 0 fully saturated rings. The first kappa shape index (κ1) is 20.6. The summed E-state index contributed by atoms with van der Waals surface area (Å²) in [5.41, 5.74) is 3.44. The largest absolute Gasteiger partial charge is 0.463 e. The molecule has 5 nitrogen and oxygen atoms in total. The molecule has 0 saturated carbocycles. The Labute approximate surface area is 162 Å². The summed E-state index contributed by atoms with van der Waals surface area (Å²) in [6, 6.07) is 15.7. The summed E-state index contributed by atoms with van der Waals surface area (Å²) < 4.78 is 5.40. The molecule has 0 atom stereocenters. The predicted octanol–water partition coefficient (Wildman–Crippen LogP) is 5.83. The van der Waals surface area contributed by atoms with Crippen LogP contribution in [-0.2, 0) is 9.53 Å². The second-order valence-corrected chi connectivity index (χ2v) is 7.35. The van der Waals surface area contributed by atoms with Crippen molar-refractivity contribution in [3.63, 3.8) is 0 Å².